The van der Waals surface area contributed by atoms with E-state index in [1.54, 1.807) is 0 Å². The predicted octanol–water partition coefficient (Wildman–Crippen LogP) is -2.06. The van der Waals surface area contributed by atoms with Crippen molar-refractivity contribution in [2.75, 3.05) is 13.2 Å². The fourth-order valence-electron chi connectivity index (χ4n) is 1.67. The first-order chi connectivity index (χ1) is 5.13. The maximum Gasteiger partial charge on any atom is 1.00 e. The number of fused-ring (bicyclic) bond motifs is 1. The van der Waals surface area contributed by atoms with Crippen LogP contribution in [0, 0.1) is 19.4 Å². The van der Waals surface area contributed by atoms with E-state index in [4.69, 9.17) is 9.47 Å². The molecule has 0 spiro atoms. The Balaban J connectivity index is 0. The molecule has 6 heteroatoms. The SMILES string of the molecule is [CH2-]C12CO[C-](C)N1[C-](C)OC2.[Rb+].[Re].[Y]. The van der Waals surface area contributed by atoms with E-state index >= 15 is 0 Å². The van der Waals surface area contributed by atoms with Crippen LogP contribution in [0.2, 0.25) is 0 Å². The molecule has 0 amide bonds. The van der Waals surface area contributed by atoms with Crippen LogP contribution >= 0.6 is 0 Å². The summed E-state index contributed by atoms with van der Waals surface area (Å²) in [6.45, 7) is 9.21. The van der Waals surface area contributed by atoms with Crippen molar-refractivity contribution in [1.29, 1.82) is 0 Å². The van der Waals surface area contributed by atoms with Crippen LogP contribution in [0.4, 0.5) is 0 Å². The summed E-state index contributed by atoms with van der Waals surface area (Å²) >= 11 is 0. The van der Waals surface area contributed by atoms with Crippen molar-refractivity contribution >= 4 is 0 Å². The standard InChI is InChI=1S/C8H12NO2.Rb.Re.Y/c1-6-9-7(2)11-5-8(9,3)4-10-6;;;/h3-5H2,1-2H3;;;/q-3;+1;;. The molecule has 0 aromatic rings. The zero-order valence-electron chi connectivity index (χ0n) is 8.84. The van der Waals surface area contributed by atoms with Gasteiger partial charge in [0.2, 0.25) is 0 Å². The van der Waals surface area contributed by atoms with E-state index in [0.29, 0.717) is 13.2 Å². The molecule has 0 aliphatic carbocycles. The maximum atomic E-state index is 5.37. The molecule has 0 aromatic heterocycles. The number of hydrogen-bond donors (Lipinski definition) is 0. The molecule has 2 rings (SSSR count). The Hall–Kier alpha value is 3.45. The topological polar surface area (TPSA) is 21.7 Å². The van der Waals surface area contributed by atoms with Crippen LogP contribution in [0.3, 0.4) is 0 Å². The molecule has 0 aromatic carbocycles. The van der Waals surface area contributed by atoms with Gasteiger partial charge in [-0.25, -0.2) is 0 Å². The molecule has 2 radical (unpaired) electrons. The first kappa shape index (κ1) is 19.8. The third-order valence-corrected chi connectivity index (χ3v) is 2.20. The fourth-order valence-corrected chi connectivity index (χ4v) is 1.67. The fraction of sp³-hybridized carbons (Fsp3) is 0.625. The molecule has 0 N–H and O–H groups in total. The van der Waals surface area contributed by atoms with Crippen molar-refractivity contribution in [1.82, 2.24) is 4.90 Å². The summed E-state index contributed by atoms with van der Waals surface area (Å²) in [5.74, 6) is 0. The van der Waals surface area contributed by atoms with Crippen molar-refractivity contribution in [3.63, 3.8) is 0 Å². The van der Waals surface area contributed by atoms with Gasteiger partial charge in [-0.05, 0) is 13.2 Å². The van der Waals surface area contributed by atoms with Crippen molar-refractivity contribution in [2.24, 2.45) is 0 Å². The first-order valence-corrected chi connectivity index (χ1v) is 3.72. The second-order valence-electron chi connectivity index (χ2n) is 3.18. The minimum Gasteiger partial charge on any atom is -0.575 e. The van der Waals surface area contributed by atoms with Crippen LogP contribution in [0.15, 0.2) is 0 Å². The molecule has 3 nitrogen and oxygen atoms in total. The van der Waals surface area contributed by atoms with E-state index in [1.165, 1.54) is 0 Å². The molecular formula is C8H12NO2RbReY-2. The van der Waals surface area contributed by atoms with Crippen LogP contribution in [0.1, 0.15) is 13.8 Å². The van der Waals surface area contributed by atoms with Gasteiger partial charge < -0.3 is 21.3 Å². The molecule has 0 saturated carbocycles. The summed E-state index contributed by atoms with van der Waals surface area (Å²) in [7, 11) is 0. The smallest absolute Gasteiger partial charge is 0.575 e. The van der Waals surface area contributed by atoms with Gasteiger partial charge in [-0.3, -0.25) is 0 Å². The van der Waals surface area contributed by atoms with Crippen molar-refractivity contribution in [3.05, 3.63) is 19.4 Å². The zero-order chi connectivity index (χ0) is 8.06. The van der Waals surface area contributed by atoms with Crippen LogP contribution in [0.25, 0.3) is 0 Å². The summed E-state index contributed by atoms with van der Waals surface area (Å²) in [5, 5.41) is 0. The van der Waals surface area contributed by atoms with Crippen molar-refractivity contribution in [2.45, 2.75) is 19.4 Å². The van der Waals surface area contributed by atoms with E-state index in [2.05, 4.69) is 6.92 Å². The van der Waals surface area contributed by atoms with Crippen LogP contribution in [0.5, 0.6) is 0 Å². The largest absolute Gasteiger partial charge is 1.00 e. The van der Waals surface area contributed by atoms with E-state index in [9.17, 15) is 0 Å². The van der Waals surface area contributed by atoms with Gasteiger partial charge in [0, 0.05) is 53.1 Å². The second kappa shape index (κ2) is 7.79. The maximum absolute atomic E-state index is 5.37. The van der Waals surface area contributed by atoms with E-state index < -0.39 is 0 Å². The van der Waals surface area contributed by atoms with Gasteiger partial charge in [0.15, 0.2) is 0 Å². The summed E-state index contributed by atoms with van der Waals surface area (Å²) in [5.41, 5.74) is -0.186. The van der Waals surface area contributed by atoms with E-state index in [0.717, 1.165) is 12.5 Å². The van der Waals surface area contributed by atoms with Crippen LogP contribution in [-0.4, -0.2) is 23.7 Å². The van der Waals surface area contributed by atoms with Gasteiger partial charge in [0.1, 0.15) is 0 Å². The van der Waals surface area contributed by atoms with Crippen molar-refractivity contribution in [3.8, 4) is 0 Å². The average molecular weight is 515 g/mol. The Morgan fingerprint density at radius 1 is 1.21 bits per heavy atom. The minimum atomic E-state index is -0.186. The third-order valence-electron chi connectivity index (χ3n) is 2.20. The van der Waals surface area contributed by atoms with Gasteiger partial charge >= 0.3 is 58.2 Å². The van der Waals surface area contributed by atoms with E-state index in [-0.39, 0.29) is 117 Å². The van der Waals surface area contributed by atoms with Crippen molar-refractivity contribution < 1.29 is 121 Å². The van der Waals surface area contributed by atoms with Gasteiger partial charge in [0.25, 0.3) is 0 Å². The predicted molar refractivity (Wildman–Crippen MR) is 39.7 cm³/mol. The molecule has 0 unspecified atom stereocenters. The Labute approximate surface area is 174 Å². The summed E-state index contributed by atoms with van der Waals surface area (Å²) < 4.78 is 10.7. The molecule has 2 fully saturated rings. The van der Waals surface area contributed by atoms with Gasteiger partial charge in [-0.15, -0.1) is 5.54 Å². The summed E-state index contributed by atoms with van der Waals surface area (Å²) in [6, 6.07) is 0. The molecule has 14 heavy (non-hydrogen) atoms. The zero-order valence-corrected chi connectivity index (χ0v) is 19.3. The van der Waals surface area contributed by atoms with E-state index in [1.807, 2.05) is 18.7 Å². The Bertz CT molecular complexity index is 173. The molecule has 2 aliphatic heterocycles. The first-order valence-electron chi connectivity index (χ1n) is 3.72. The van der Waals surface area contributed by atoms with Gasteiger partial charge in [-0.2, -0.15) is 26.3 Å². The van der Waals surface area contributed by atoms with Gasteiger partial charge in [-0.1, -0.05) is 0 Å². The number of hydrogen-bond acceptors (Lipinski definition) is 3. The minimum absolute atomic E-state index is 0. The normalized spacial score (nSPS) is 25.9. The molecular weight excluding hydrogens is 503 g/mol. The second-order valence-corrected chi connectivity index (χ2v) is 3.18. The van der Waals surface area contributed by atoms with Crippen LogP contribution in [-0.2, 0) is 62.6 Å². The number of ether oxygens (including phenoxy) is 2. The molecule has 74 valence electrons. The Morgan fingerprint density at radius 2 is 1.57 bits per heavy atom. The van der Waals surface area contributed by atoms with Crippen LogP contribution < -0.4 is 58.2 Å². The monoisotopic (exact) mass is 515 g/mol. The molecule has 0 bridgehead atoms. The third kappa shape index (κ3) is 3.72. The average Bonchev–Trinajstić information content (AvgIpc) is 2.38. The Morgan fingerprint density at radius 3 is 1.86 bits per heavy atom. The molecule has 2 saturated heterocycles. The summed E-state index contributed by atoms with van der Waals surface area (Å²) in [6.07, 6.45) is 1.80. The molecule has 2 heterocycles. The van der Waals surface area contributed by atoms with Gasteiger partial charge in [0.05, 0.1) is 0 Å². The Kier molecular flexibility index (Phi) is 11.0. The number of rotatable bonds is 0. The molecule has 0 atom stereocenters. The molecule has 2 aliphatic rings. The number of nitrogens with zero attached hydrogens (tertiary/aromatic N) is 1. The quantitative estimate of drug-likeness (QED) is 0.347. The summed E-state index contributed by atoms with van der Waals surface area (Å²) in [4.78, 5) is 2.02.